The first kappa shape index (κ1) is 13.9. The van der Waals surface area contributed by atoms with Crippen LogP contribution in [0.15, 0.2) is 28.7 Å². The lowest BCUT2D eigenvalue weighted by atomic mass is 10.2. The van der Waals surface area contributed by atoms with E-state index in [1.165, 1.54) is 12.0 Å². The van der Waals surface area contributed by atoms with Crippen LogP contribution in [0, 0.1) is 0 Å². The van der Waals surface area contributed by atoms with Crippen LogP contribution in [0.5, 0.6) is 0 Å². The number of hydrogen-bond acceptors (Lipinski definition) is 1. The summed E-state index contributed by atoms with van der Waals surface area (Å²) >= 11 is 3.42. The average Bonchev–Trinajstić information content (AvgIpc) is 2.16. The maximum atomic E-state index is 3.45. The van der Waals surface area contributed by atoms with Crippen molar-refractivity contribution in [3.8, 4) is 0 Å². The summed E-state index contributed by atoms with van der Waals surface area (Å²) in [5.74, 6) is 0. The molecule has 1 aromatic rings. The zero-order valence-electron chi connectivity index (χ0n) is 8.59. The third-order valence-electron chi connectivity index (χ3n) is 2.18. The highest BCUT2D eigenvalue weighted by Crippen LogP contribution is 2.10. The summed E-state index contributed by atoms with van der Waals surface area (Å²) in [6.45, 7) is 5.36. The zero-order chi connectivity index (χ0) is 9.68. The van der Waals surface area contributed by atoms with Gasteiger partial charge in [0.1, 0.15) is 0 Å². The topological polar surface area (TPSA) is 12.0 Å². The average molecular weight is 279 g/mol. The van der Waals surface area contributed by atoms with Crippen LogP contribution in [0.3, 0.4) is 0 Å². The Kier molecular flexibility index (Phi) is 7.24. The fraction of sp³-hybridized carbons (Fsp3) is 0.455. The van der Waals surface area contributed by atoms with Crippen LogP contribution in [-0.2, 0) is 6.54 Å². The largest absolute Gasteiger partial charge is 0.310 e. The van der Waals surface area contributed by atoms with E-state index >= 15 is 0 Å². The zero-order valence-corrected chi connectivity index (χ0v) is 11.0. The maximum absolute atomic E-state index is 3.45. The summed E-state index contributed by atoms with van der Waals surface area (Å²) in [5.41, 5.74) is 1.34. The third kappa shape index (κ3) is 4.99. The summed E-state index contributed by atoms with van der Waals surface area (Å²) < 4.78 is 1.14. The smallest absolute Gasteiger partial charge is 0.0207 e. The van der Waals surface area contributed by atoms with Gasteiger partial charge in [-0.2, -0.15) is 0 Å². The molecular weight excluding hydrogens is 261 g/mol. The number of benzene rings is 1. The Balaban J connectivity index is 0.00000169. The number of rotatable bonds is 4. The van der Waals surface area contributed by atoms with E-state index in [1.807, 2.05) is 0 Å². The van der Waals surface area contributed by atoms with Crippen LogP contribution in [0.1, 0.15) is 25.8 Å². The summed E-state index contributed by atoms with van der Waals surface area (Å²) in [6, 6.07) is 9.03. The molecule has 0 saturated heterocycles. The maximum Gasteiger partial charge on any atom is 0.0207 e. The van der Waals surface area contributed by atoms with Crippen molar-refractivity contribution in [1.82, 2.24) is 5.32 Å². The van der Waals surface area contributed by atoms with Gasteiger partial charge in [0.25, 0.3) is 0 Å². The van der Waals surface area contributed by atoms with Crippen LogP contribution < -0.4 is 5.32 Å². The second kappa shape index (κ2) is 7.27. The van der Waals surface area contributed by atoms with Gasteiger partial charge in [0.05, 0.1) is 0 Å². The number of halogens is 2. The molecule has 14 heavy (non-hydrogen) atoms. The predicted molar refractivity (Wildman–Crippen MR) is 68.0 cm³/mol. The Morgan fingerprint density at radius 3 is 2.36 bits per heavy atom. The molecule has 1 atom stereocenters. The summed E-state index contributed by atoms with van der Waals surface area (Å²) in [7, 11) is 0. The van der Waals surface area contributed by atoms with E-state index in [-0.39, 0.29) is 12.4 Å². The van der Waals surface area contributed by atoms with Gasteiger partial charge in [0.2, 0.25) is 0 Å². The molecule has 3 heteroatoms. The lowest BCUT2D eigenvalue weighted by Crippen LogP contribution is -2.24. The number of hydrogen-bond donors (Lipinski definition) is 1. The van der Waals surface area contributed by atoms with Gasteiger partial charge in [-0.1, -0.05) is 35.0 Å². The summed E-state index contributed by atoms with van der Waals surface area (Å²) in [5, 5.41) is 3.45. The van der Waals surface area contributed by atoms with Gasteiger partial charge in [0.15, 0.2) is 0 Å². The Hall–Kier alpha value is -0.0500. The fourth-order valence-corrected chi connectivity index (χ4v) is 1.30. The Labute approximate surface area is 101 Å². The summed E-state index contributed by atoms with van der Waals surface area (Å²) in [4.78, 5) is 0. The van der Waals surface area contributed by atoms with Gasteiger partial charge in [-0.25, -0.2) is 0 Å². The van der Waals surface area contributed by atoms with Crippen LogP contribution in [-0.4, -0.2) is 6.04 Å². The van der Waals surface area contributed by atoms with Crippen LogP contribution >= 0.6 is 28.3 Å². The lowest BCUT2D eigenvalue weighted by Gasteiger charge is -2.10. The number of nitrogens with one attached hydrogen (secondary N) is 1. The SMILES string of the molecule is CCC(C)NCc1ccc(Br)cc1.Cl. The normalized spacial score (nSPS) is 11.9. The highest BCUT2D eigenvalue weighted by molar-refractivity contribution is 9.10. The molecule has 1 aromatic carbocycles. The van der Waals surface area contributed by atoms with E-state index < -0.39 is 0 Å². The van der Waals surface area contributed by atoms with Crippen molar-refractivity contribution in [2.45, 2.75) is 32.9 Å². The predicted octanol–water partition coefficient (Wildman–Crippen LogP) is 3.76. The van der Waals surface area contributed by atoms with E-state index in [2.05, 4.69) is 59.4 Å². The molecule has 0 fully saturated rings. The Bertz CT molecular complexity index is 248. The van der Waals surface area contributed by atoms with Crippen molar-refractivity contribution < 1.29 is 0 Å². The molecule has 0 aromatic heterocycles. The van der Waals surface area contributed by atoms with Crippen molar-refractivity contribution in [2.24, 2.45) is 0 Å². The minimum Gasteiger partial charge on any atom is -0.310 e. The van der Waals surface area contributed by atoms with Crippen molar-refractivity contribution in [3.63, 3.8) is 0 Å². The molecule has 0 amide bonds. The van der Waals surface area contributed by atoms with Gasteiger partial charge in [-0.15, -0.1) is 12.4 Å². The molecule has 0 radical (unpaired) electrons. The molecule has 1 nitrogen and oxygen atoms in total. The second-order valence-corrected chi connectivity index (χ2v) is 4.23. The fourth-order valence-electron chi connectivity index (χ4n) is 1.04. The molecule has 0 saturated carbocycles. The highest BCUT2D eigenvalue weighted by Gasteiger charge is 1.97. The van der Waals surface area contributed by atoms with Crippen LogP contribution in [0.25, 0.3) is 0 Å². The molecule has 0 spiro atoms. The molecule has 1 unspecified atom stereocenters. The van der Waals surface area contributed by atoms with E-state index in [0.717, 1.165) is 11.0 Å². The van der Waals surface area contributed by atoms with Crippen molar-refractivity contribution in [3.05, 3.63) is 34.3 Å². The van der Waals surface area contributed by atoms with Gasteiger partial charge in [0, 0.05) is 17.1 Å². The molecule has 0 heterocycles. The van der Waals surface area contributed by atoms with E-state index in [9.17, 15) is 0 Å². The Morgan fingerprint density at radius 2 is 1.86 bits per heavy atom. The van der Waals surface area contributed by atoms with Gasteiger partial charge < -0.3 is 5.32 Å². The first-order valence-electron chi connectivity index (χ1n) is 4.70. The van der Waals surface area contributed by atoms with Crippen LogP contribution in [0.4, 0.5) is 0 Å². The van der Waals surface area contributed by atoms with Crippen LogP contribution in [0.2, 0.25) is 0 Å². The molecule has 0 bridgehead atoms. The van der Waals surface area contributed by atoms with Gasteiger partial charge in [-0.05, 0) is 31.0 Å². The molecule has 80 valence electrons. The minimum absolute atomic E-state index is 0. The van der Waals surface area contributed by atoms with Crippen molar-refractivity contribution in [1.29, 1.82) is 0 Å². The second-order valence-electron chi connectivity index (χ2n) is 3.32. The molecule has 0 aliphatic rings. The van der Waals surface area contributed by atoms with Gasteiger partial charge >= 0.3 is 0 Å². The minimum atomic E-state index is 0. The summed E-state index contributed by atoms with van der Waals surface area (Å²) in [6.07, 6.45) is 1.18. The standard InChI is InChI=1S/C11H16BrN.ClH/c1-3-9(2)13-8-10-4-6-11(12)7-5-10;/h4-7,9,13H,3,8H2,1-2H3;1H. The molecule has 1 N–H and O–H groups in total. The first-order chi connectivity index (χ1) is 6.22. The Morgan fingerprint density at radius 1 is 1.29 bits per heavy atom. The van der Waals surface area contributed by atoms with E-state index in [0.29, 0.717) is 6.04 Å². The monoisotopic (exact) mass is 277 g/mol. The third-order valence-corrected chi connectivity index (χ3v) is 2.71. The molecule has 1 rings (SSSR count). The van der Waals surface area contributed by atoms with E-state index in [4.69, 9.17) is 0 Å². The molecule has 0 aliphatic carbocycles. The lowest BCUT2D eigenvalue weighted by molar-refractivity contribution is 0.534. The quantitative estimate of drug-likeness (QED) is 0.884. The van der Waals surface area contributed by atoms with Crippen molar-refractivity contribution in [2.75, 3.05) is 0 Å². The molecular formula is C11H17BrClN. The van der Waals surface area contributed by atoms with Gasteiger partial charge in [-0.3, -0.25) is 0 Å². The first-order valence-corrected chi connectivity index (χ1v) is 5.49. The molecule has 0 aliphatic heterocycles. The van der Waals surface area contributed by atoms with E-state index in [1.54, 1.807) is 0 Å². The van der Waals surface area contributed by atoms with Crippen molar-refractivity contribution >= 4 is 28.3 Å². The highest BCUT2D eigenvalue weighted by atomic mass is 79.9.